The van der Waals surface area contributed by atoms with Crippen molar-refractivity contribution in [3.63, 3.8) is 0 Å². The Labute approximate surface area is 76.2 Å². The Kier molecular flexibility index (Phi) is 2.17. The number of hydrogen-bond acceptors (Lipinski definition) is 2. The third-order valence-corrected chi connectivity index (χ3v) is 2.43. The maximum atomic E-state index is 12.7. The molecule has 0 unspecified atom stereocenters. The van der Waals surface area contributed by atoms with E-state index in [0.717, 1.165) is 10.6 Å². The lowest BCUT2D eigenvalue weighted by Crippen LogP contribution is -2.23. The van der Waals surface area contributed by atoms with Crippen LogP contribution in [0.5, 0.6) is 0 Å². The number of nitrogens with two attached hydrogens (primary N) is 1. The van der Waals surface area contributed by atoms with Crippen LogP contribution in [0.2, 0.25) is 0 Å². The summed E-state index contributed by atoms with van der Waals surface area (Å²) in [7, 11) is 1.36. The van der Waals surface area contributed by atoms with E-state index in [0.29, 0.717) is 3.57 Å². The van der Waals surface area contributed by atoms with Crippen molar-refractivity contribution in [1.82, 2.24) is 4.57 Å². The second-order valence-electron chi connectivity index (χ2n) is 2.10. The van der Waals surface area contributed by atoms with Crippen molar-refractivity contribution < 1.29 is 4.39 Å². The van der Waals surface area contributed by atoms with Crippen LogP contribution >= 0.6 is 22.6 Å². The van der Waals surface area contributed by atoms with Crippen LogP contribution in [0.4, 0.5) is 10.1 Å². The minimum atomic E-state index is -0.618. The fourth-order valence-corrected chi connectivity index (χ4v) is 1.17. The van der Waals surface area contributed by atoms with Gasteiger partial charge in [-0.3, -0.25) is 9.36 Å². The lowest BCUT2D eigenvalue weighted by molar-refractivity contribution is 0.515. The highest BCUT2D eigenvalue weighted by atomic mass is 127. The Bertz CT molecular complexity index is 318. The zero-order valence-corrected chi connectivity index (χ0v) is 7.92. The molecule has 1 rings (SSSR count). The monoisotopic (exact) mass is 268 g/mol. The first-order valence-corrected chi connectivity index (χ1v) is 3.92. The van der Waals surface area contributed by atoms with Gasteiger partial charge >= 0.3 is 0 Å². The summed E-state index contributed by atoms with van der Waals surface area (Å²) in [6.07, 6.45) is 0. The van der Waals surface area contributed by atoms with Crippen LogP contribution in [-0.2, 0) is 7.05 Å². The quantitative estimate of drug-likeness (QED) is 0.556. The van der Waals surface area contributed by atoms with E-state index in [1.54, 1.807) is 22.6 Å². The molecule has 2 N–H and O–H groups in total. The molecule has 0 bridgehead atoms. The Morgan fingerprint density at radius 1 is 1.73 bits per heavy atom. The van der Waals surface area contributed by atoms with Crippen LogP contribution in [0, 0.1) is 9.52 Å². The molecule has 0 aliphatic heterocycles. The normalized spacial score (nSPS) is 10.1. The van der Waals surface area contributed by atoms with Gasteiger partial charge in [0.25, 0.3) is 5.56 Å². The largest absolute Gasteiger partial charge is 0.398 e. The molecule has 0 aromatic carbocycles. The van der Waals surface area contributed by atoms with Crippen molar-refractivity contribution in [1.29, 1.82) is 0 Å². The highest BCUT2D eigenvalue weighted by Crippen LogP contribution is 2.09. The van der Waals surface area contributed by atoms with Crippen LogP contribution in [0.1, 0.15) is 0 Å². The molecule has 0 atom stereocenters. The van der Waals surface area contributed by atoms with Gasteiger partial charge in [-0.15, -0.1) is 0 Å². The minimum absolute atomic E-state index is 0.186. The van der Waals surface area contributed by atoms with Crippen molar-refractivity contribution >= 4 is 28.3 Å². The highest BCUT2D eigenvalue weighted by Gasteiger charge is 2.06. The van der Waals surface area contributed by atoms with Gasteiger partial charge in [0.15, 0.2) is 5.95 Å². The first-order chi connectivity index (χ1) is 5.04. The average Bonchev–Trinajstić information content (AvgIpc) is 1.97. The van der Waals surface area contributed by atoms with Gasteiger partial charge < -0.3 is 5.73 Å². The minimum Gasteiger partial charge on any atom is -0.398 e. The van der Waals surface area contributed by atoms with Gasteiger partial charge in [-0.25, -0.2) is 0 Å². The van der Waals surface area contributed by atoms with E-state index >= 15 is 0 Å². The van der Waals surface area contributed by atoms with Crippen molar-refractivity contribution in [2.45, 2.75) is 0 Å². The molecule has 0 aliphatic carbocycles. The fraction of sp³-hybridized carbons (Fsp3) is 0.167. The van der Waals surface area contributed by atoms with Crippen LogP contribution in [0.3, 0.4) is 0 Å². The van der Waals surface area contributed by atoms with Gasteiger partial charge in [0.05, 0.1) is 5.69 Å². The van der Waals surface area contributed by atoms with Crippen molar-refractivity contribution in [2.24, 2.45) is 7.05 Å². The number of pyridine rings is 1. The van der Waals surface area contributed by atoms with Gasteiger partial charge in [-0.1, -0.05) is 0 Å². The number of hydrogen-bond donors (Lipinski definition) is 1. The van der Waals surface area contributed by atoms with Crippen LogP contribution < -0.4 is 11.3 Å². The van der Waals surface area contributed by atoms with Gasteiger partial charge in [0.1, 0.15) is 3.57 Å². The summed E-state index contributed by atoms with van der Waals surface area (Å²) < 4.78 is 14.0. The second kappa shape index (κ2) is 2.80. The Balaban J connectivity index is 3.59. The second-order valence-corrected chi connectivity index (χ2v) is 3.18. The number of anilines is 1. The molecule has 0 aliphatic rings. The fourth-order valence-electron chi connectivity index (χ4n) is 0.656. The van der Waals surface area contributed by atoms with E-state index in [4.69, 9.17) is 5.73 Å². The number of aromatic nitrogens is 1. The highest BCUT2D eigenvalue weighted by molar-refractivity contribution is 14.1. The topological polar surface area (TPSA) is 48.0 Å². The molecule has 11 heavy (non-hydrogen) atoms. The van der Waals surface area contributed by atoms with Crippen molar-refractivity contribution in [3.8, 4) is 0 Å². The summed E-state index contributed by atoms with van der Waals surface area (Å²) in [5.41, 5.74) is 5.12. The first kappa shape index (κ1) is 8.51. The Morgan fingerprint density at radius 2 is 2.27 bits per heavy atom. The maximum absolute atomic E-state index is 12.7. The van der Waals surface area contributed by atoms with E-state index in [9.17, 15) is 9.18 Å². The zero-order chi connectivity index (χ0) is 8.59. The summed E-state index contributed by atoms with van der Waals surface area (Å²) in [5, 5.41) is 0. The van der Waals surface area contributed by atoms with Gasteiger partial charge in [0.2, 0.25) is 0 Å². The molecule has 0 spiro atoms. The third kappa shape index (κ3) is 1.37. The van der Waals surface area contributed by atoms with Crippen LogP contribution in [0.15, 0.2) is 10.9 Å². The third-order valence-electron chi connectivity index (χ3n) is 1.34. The van der Waals surface area contributed by atoms with E-state index in [1.165, 1.54) is 7.05 Å². The first-order valence-electron chi connectivity index (χ1n) is 2.84. The summed E-state index contributed by atoms with van der Waals surface area (Å²) in [5.74, 6) is -0.618. The molecule has 0 saturated carbocycles. The van der Waals surface area contributed by atoms with Crippen LogP contribution in [0.25, 0.3) is 0 Å². The SMILES string of the molecule is Cn1c(F)cc(N)c(I)c1=O. The molecule has 5 heteroatoms. The van der Waals surface area contributed by atoms with Gasteiger partial charge in [-0.05, 0) is 22.6 Å². The van der Waals surface area contributed by atoms with Gasteiger partial charge in [0, 0.05) is 13.1 Å². The molecule has 0 amide bonds. The Morgan fingerprint density at radius 3 is 2.82 bits per heavy atom. The molecule has 1 heterocycles. The lowest BCUT2D eigenvalue weighted by Gasteiger charge is -2.02. The summed E-state index contributed by atoms with van der Waals surface area (Å²) >= 11 is 1.79. The van der Waals surface area contributed by atoms with Crippen molar-refractivity contribution in [2.75, 3.05) is 5.73 Å². The average molecular weight is 268 g/mol. The molecule has 1 aromatic heterocycles. The summed E-state index contributed by atoms with van der Waals surface area (Å²) in [4.78, 5) is 11.0. The smallest absolute Gasteiger partial charge is 0.268 e. The molecule has 0 fully saturated rings. The van der Waals surface area contributed by atoms with E-state index < -0.39 is 11.5 Å². The summed E-state index contributed by atoms with van der Waals surface area (Å²) in [6.45, 7) is 0. The predicted molar refractivity (Wildman–Crippen MR) is 48.8 cm³/mol. The molecule has 1 aromatic rings. The van der Waals surface area contributed by atoms with Crippen molar-refractivity contribution in [3.05, 3.63) is 25.9 Å². The molecule has 0 radical (unpaired) electrons. The maximum Gasteiger partial charge on any atom is 0.268 e. The molecule has 0 saturated heterocycles. The number of nitrogen functional groups attached to an aromatic ring is 1. The number of nitrogens with zero attached hydrogens (tertiary/aromatic N) is 1. The zero-order valence-electron chi connectivity index (χ0n) is 5.77. The predicted octanol–water partition coefficient (Wildman–Crippen LogP) is 0.711. The Hall–Kier alpha value is -0.590. The lowest BCUT2D eigenvalue weighted by atomic mass is 10.4. The number of halogens is 2. The summed E-state index contributed by atoms with van der Waals surface area (Å²) in [6, 6.07) is 1.13. The van der Waals surface area contributed by atoms with Gasteiger partial charge in [-0.2, -0.15) is 4.39 Å². The molecular formula is C6H6FIN2O. The standard InChI is InChI=1S/C6H6FIN2O/c1-10-4(7)2-3(9)5(8)6(10)11/h2H,9H2,1H3. The van der Waals surface area contributed by atoms with E-state index in [1.807, 2.05) is 0 Å². The molecule has 60 valence electrons. The molecule has 3 nitrogen and oxygen atoms in total. The van der Waals surface area contributed by atoms with E-state index in [-0.39, 0.29) is 5.69 Å². The van der Waals surface area contributed by atoms with Crippen LogP contribution in [-0.4, -0.2) is 4.57 Å². The van der Waals surface area contributed by atoms with E-state index in [2.05, 4.69) is 0 Å². The molecular weight excluding hydrogens is 262 g/mol. The number of rotatable bonds is 0.